The van der Waals surface area contributed by atoms with E-state index in [9.17, 15) is 4.79 Å². The van der Waals surface area contributed by atoms with Crippen LogP contribution in [0.2, 0.25) is 0 Å². The first-order chi connectivity index (χ1) is 13.3. The Morgan fingerprint density at radius 1 is 1.21 bits per heavy atom. The molecular weight excluding hydrogens is 388 g/mol. The highest BCUT2D eigenvalue weighted by Gasteiger charge is 2.29. The number of carbonyl (C=O) groups is 1. The molecule has 0 radical (unpaired) electrons. The second kappa shape index (κ2) is 9.55. The van der Waals surface area contributed by atoms with Gasteiger partial charge in [-0.15, -0.1) is 12.4 Å². The number of hydrogen-bond acceptors (Lipinski definition) is 5. The van der Waals surface area contributed by atoms with Gasteiger partial charge in [0.15, 0.2) is 0 Å². The van der Waals surface area contributed by atoms with Gasteiger partial charge in [0.05, 0.1) is 12.7 Å². The fourth-order valence-corrected chi connectivity index (χ4v) is 3.50. The molecule has 1 aromatic carbocycles. The van der Waals surface area contributed by atoms with Gasteiger partial charge in [-0.3, -0.25) is 9.69 Å². The Hall–Kier alpha value is -2.18. The molecule has 6 nitrogen and oxygen atoms in total. The van der Waals surface area contributed by atoms with Crippen molar-refractivity contribution in [1.29, 1.82) is 0 Å². The molecule has 2 heterocycles. The topological polar surface area (TPSA) is 58.6 Å². The highest BCUT2D eigenvalue weighted by Crippen LogP contribution is 2.20. The van der Waals surface area contributed by atoms with Crippen molar-refractivity contribution in [2.45, 2.75) is 45.7 Å². The molecule has 0 bridgehead atoms. The lowest BCUT2D eigenvalue weighted by molar-refractivity contribution is 0.0474. The van der Waals surface area contributed by atoms with Gasteiger partial charge in [-0.2, -0.15) is 0 Å². The van der Waals surface area contributed by atoms with E-state index in [0.29, 0.717) is 12.1 Å². The summed E-state index contributed by atoms with van der Waals surface area (Å²) in [6.07, 6.45) is 3.32. The van der Waals surface area contributed by atoms with Crippen molar-refractivity contribution in [3.8, 4) is 5.75 Å². The number of amides is 1. The quantitative estimate of drug-likeness (QED) is 0.759. The molecule has 0 aliphatic carbocycles. The zero-order valence-corrected chi connectivity index (χ0v) is 18.7. The molecule has 2 aromatic rings. The number of rotatable bonds is 4. The Balaban J connectivity index is 0.00000300. The Morgan fingerprint density at radius 3 is 2.48 bits per heavy atom. The molecule has 3 rings (SSSR count). The monoisotopic (exact) mass is 418 g/mol. The molecule has 1 unspecified atom stereocenters. The first-order valence-electron chi connectivity index (χ1n) is 9.76. The average Bonchev–Trinajstić information content (AvgIpc) is 2.67. The second-order valence-electron chi connectivity index (χ2n) is 8.48. The Morgan fingerprint density at radius 2 is 1.90 bits per heavy atom. The summed E-state index contributed by atoms with van der Waals surface area (Å²) >= 11 is 0. The number of methoxy groups -OCH3 is 1. The molecule has 1 aliphatic rings. The molecule has 1 fully saturated rings. The summed E-state index contributed by atoms with van der Waals surface area (Å²) in [7, 11) is 1.68. The third-order valence-corrected chi connectivity index (χ3v) is 5.08. The van der Waals surface area contributed by atoms with E-state index in [0.717, 1.165) is 31.2 Å². The first kappa shape index (κ1) is 23.1. The fourth-order valence-electron chi connectivity index (χ4n) is 3.50. The fraction of sp³-hybridized carbons (Fsp3) is 0.500. The van der Waals surface area contributed by atoms with E-state index in [1.54, 1.807) is 19.5 Å². The van der Waals surface area contributed by atoms with Gasteiger partial charge in [0.25, 0.3) is 5.91 Å². The van der Waals surface area contributed by atoms with Crippen molar-refractivity contribution < 1.29 is 9.53 Å². The Labute approximate surface area is 179 Å². The third-order valence-electron chi connectivity index (χ3n) is 5.08. The summed E-state index contributed by atoms with van der Waals surface area (Å²) in [6.45, 7) is 11.5. The molecular formula is C22H31ClN4O2. The lowest BCUT2D eigenvalue weighted by atomic mass is 9.96. The van der Waals surface area contributed by atoms with Crippen LogP contribution < -0.4 is 4.74 Å². The minimum absolute atomic E-state index is 0. The van der Waals surface area contributed by atoms with Crippen LogP contribution in [0.4, 0.5) is 0 Å². The smallest absolute Gasteiger partial charge is 0.257 e. The van der Waals surface area contributed by atoms with E-state index in [1.807, 2.05) is 17.0 Å². The lowest BCUT2D eigenvalue weighted by Crippen LogP contribution is -2.53. The van der Waals surface area contributed by atoms with Crippen molar-refractivity contribution in [2.75, 3.05) is 26.7 Å². The summed E-state index contributed by atoms with van der Waals surface area (Å²) in [5, 5.41) is 0. The number of ether oxygens (including phenoxy) is 1. The van der Waals surface area contributed by atoms with E-state index in [4.69, 9.17) is 4.74 Å². The van der Waals surface area contributed by atoms with Gasteiger partial charge in [0.1, 0.15) is 11.6 Å². The number of nitrogens with zero attached hydrogens (tertiary/aromatic N) is 4. The average molecular weight is 419 g/mol. The van der Waals surface area contributed by atoms with Gasteiger partial charge in [-0.1, -0.05) is 32.9 Å². The lowest BCUT2D eigenvalue weighted by Gasteiger charge is -2.40. The highest BCUT2D eigenvalue weighted by atomic mass is 35.5. The molecule has 1 aromatic heterocycles. The summed E-state index contributed by atoms with van der Waals surface area (Å²) in [4.78, 5) is 26.0. The summed E-state index contributed by atoms with van der Waals surface area (Å²) in [6, 6.07) is 8.28. The summed E-state index contributed by atoms with van der Waals surface area (Å²) < 4.78 is 5.31. The van der Waals surface area contributed by atoms with Crippen LogP contribution in [0.15, 0.2) is 36.7 Å². The number of piperazine rings is 1. The van der Waals surface area contributed by atoms with Crippen LogP contribution in [0.25, 0.3) is 0 Å². The standard InChI is InChI=1S/C22H30N4O2.ClH/c1-16-14-25(15-17-7-6-8-19(11-17)28-5)9-10-26(16)20(27)18-12-23-21(24-13-18)22(2,3)4;/h6-8,11-13,16H,9-10,14-15H2,1-5H3;1H. The maximum atomic E-state index is 12.9. The van der Waals surface area contributed by atoms with Gasteiger partial charge < -0.3 is 9.64 Å². The van der Waals surface area contributed by atoms with Crippen LogP contribution in [-0.2, 0) is 12.0 Å². The van der Waals surface area contributed by atoms with E-state index < -0.39 is 0 Å². The van der Waals surface area contributed by atoms with Crippen LogP contribution in [0.5, 0.6) is 5.75 Å². The maximum absolute atomic E-state index is 12.9. The van der Waals surface area contributed by atoms with Gasteiger partial charge in [-0.25, -0.2) is 9.97 Å². The Bertz CT molecular complexity index is 820. The predicted molar refractivity (Wildman–Crippen MR) is 117 cm³/mol. The van der Waals surface area contributed by atoms with Crippen molar-refractivity contribution in [3.63, 3.8) is 0 Å². The zero-order chi connectivity index (χ0) is 20.3. The number of carbonyl (C=O) groups excluding carboxylic acids is 1. The van der Waals surface area contributed by atoms with Crippen LogP contribution in [0.3, 0.4) is 0 Å². The van der Waals surface area contributed by atoms with Crippen LogP contribution in [0, 0.1) is 0 Å². The predicted octanol–water partition coefficient (Wildman–Crippen LogP) is 3.55. The van der Waals surface area contributed by atoms with E-state index in [1.165, 1.54) is 5.56 Å². The van der Waals surface area contributed by atoms with Crippen molar-refractivity contribution >= 4 is 18.3 Å². The highest BCUT2D eigenvalue weighted by molar-refractivity contribution is 5.93. The maximum Gasteiger partial charge on any atom is 0.257 e. The third kappa shape index (κ3) is 5.67. The molecule has 0 spiro atoms. The van der Waals surface area contributed by atoms with E-state index in [-0.39, 0.29) is 29.8 Å². The molecule has 7 heteroatoms. The number of halogens is 1. The van der Waals surface area contributed by atoms with Crippen LogP contribution in [0.1, 0.15) is 49.4 Å². The van der Waals surface area contributed by atoms with Crippen molar-refractivity contribution in [1.82, 2.24) is 19.8 Å². The van der Waals surface area contributed by atoms with Crippen LogP contribution in [-0.4, -0.2) is 58.5 Å². The number of aromatic nitrogens is 2. The first-order valence-corrected chi connectivity index (χ1v) is 9.76. The van der Waals surface area contributed by atoms with E-state index >= 15 is 0 Å². The number of benzene rings is 1. The van der Waals surface area contributed by atoms with Gasteiger partial charge in [0, 0.05) is 50.0 Å². The summed E-state index contributed by atoms with van der Waals surface area (Å²) in [5.41, 5.74) is 1.65. The molecule has 158 valence electrons. The van der Waals surface area contributed by atoms with E-state index in [2.05, 4.69) is 54.7 Å². The molecule has 1 aliphatic heterocycles. The largest absolute Gasteiger partial charge is 0.497 e. The molecule has 0 N–H and O–H groups in total. The van der Waals surface area contributed by atoms with Crippen molar-refractivity contribution in [3.05, 3.63) is 53.6 Å². The SMILES string of the molecule is COc1cccc(CN2CCN(C(=O)c3cnc(C(C)(C)C)nc3)C(C)C2)c1.Cl. The zero-order valence-electron chi connectivity index (χ0n) is 17.9. The minimum Gasteiger partial charge on any atom is -0.497 e. The van der Waals surface area contributed by atoms with Gasteiger partial charge >= 0.3 is 0 Å². The minimum atomic E-state index is -0.124. The molecule has 1 amide bonds. The van der Waals surface area contributed by atoms with Gasteiger partial charge in [-0.05, 0) is 24.6 Å². The van der Waals surface area contributed by atoms with Crippen molar-refractivity contribution in [2.24, 2.45) is 0 Å². The summed E-state index contributed by atoms with van der Waals surface area (Å²) in [5.74, 6) is 1.63. The van der Waals surface area contributed by atoms with Gasteiger partial charge in [0.2, 0.25) is 0 Å². The Kier molecular flexibility index (Phi) is 7.60. The normalized spacial score (nSPS) is 17.6. The molecule has 1 atom stereocenters. The van der Waals surface area contributed by atoms with Crippen LogP contribution >= 0.6 is 12.4 Å². The molecule has 29 heavy (non-hydrogen) atoms. The molecule has 0 saturated carbocycles. The second-order valence-corrected chi connectivity index (χ2v) is 8.48. The number of hydrogen-bond donors (Lipinski definition) is 0. The molecule has 1 saturated heterocycles.